The van der Waals surface area contributed by atoms with Crippen LogP contribution in [-0.4, -0.2) is 37.5 Å². The predicted octanol–water partition coefficient (Wildman–Crippen LogP) is 3.02. The van der Waals surface area contributed by atoms with E-state index in [0.717, 1.165) is 31.6 Å². The smallest absolute Gasteiger partial charge is 0.408 e. The van der Waals surface area contributed by atoms with Crippen LogP contribution in [0.4, 0.5) is 4.79 Å². The molecular weight excluding hydrogens is 292 g/mol. The molecule has 1 aromatic carbocycles. The molecule has 1 amide bonds. The Hall–Kier alpha value is -1.59. The number of ether oxygens (including phenoxy) is 2. The molecule has 1 heterocycles. The summed E-state index contributed by atoms with van der Waals surface area (Å²) >= 11 is 0. The van der Waals surface area contributed by atoms with E-state index in [1.54, 1.807) is 0 Å². The molecule has 1 aliphatic heterocycles. The van der Waals surface area contributed by atoms with Gasteiger partial charge in [0.1, 0.15) is 5.60 Å². The molecule has 1 fully saturated rings. The van der Waals surface area contributed by atoms with Crippen LogP contribution in [0.3, 0.4) is 0 Å². The molecule has 0 saturated carbocycles. The maximum absolute atomic E-state index is 12.1. The van der Waals surface area contributed by atoms with Crippen molar-refractivity contribution in [2.75, 3.05) is 19.7 Å². The number of nitrogens with one attached hydrogen (secondary N) is 2. The summed E-state index contributed by atoms with van der Waals surface area (Å²) in [4.78, 5) is 12.1. The summed E-state index contributed by atoms with van der Waals surface area (Å²) in [5.74, 6) is 0. The second-order valence-corrected chi connectivity index (χ2v) is 6.90. The third kappa shape index (κ3) is 6.59. The predicted molar refractivity (Wildman–Crippen MR) is 90.4 cm³/mol. The molecule has 1 saturated heterocycles. The average molecular weight is 320 g/mol. The number of carbonyl (C=O) groups excluding carboxylic acids is 1. The Bertz CT molecular complexity index is 479. The molecule has 0 radical (unpaired) electrons. The molecule has 2 atom stereocenters. The quantitative estimate of drug-likeness (QED) is 0.846. The van der Waals surface area contributed by atoms with Crippen LogP contribution >= 0.6 is 0 Å². The number of hydrogen-bond acceptors (Lipinski definition) is 4. The molecule has 2 rings (SSSR count). The largest absolute Gasteiger partial charge is 0.444 e. The summed E-state index contributed by atoms with van der Waals surface area (Å²) in [7, 11) is 0. The van der Waals surface area contributed by atoms with E-state index in [4.69, 9.17) is 9.47 Å². The molecular formula is C18H28N2O3. The highest BCUT2D eigenvalue weighted by Gasteiger charge is 2.21. The van der Waals surface area contributed by atoms with Crippen LogP contribution in [0.25, 0.3) is 0 Å². The SMILES string of the molecule is CC(C)(C)OC(=O)NC(CNCC1CCCO1)c1ccccc1. The Morgan fingerprint density at radius 2 is 2.09 bits per heavy atom. The summed E-state index contributed by atoms with van der Waals surface area (Å²) in [6.07, 6.45) is 2.12. The minimum absolute atomic E-state index is 0.132. The first-order chi connectivity index (χ1) is 10.9. The van der Waals surface area contributed by atoms with Crippen molar-refractivity contribution in [2.45, 2.75) is 51.4 Å². The molecule has 5 nitrogen and oxygen atoms in total. The maximum Gasteiger partial charge on any atom is 0.408 e. The van der Waals surface area contributed by atoms with Gasteiger partial charge in [-0.1, -0.05) is 30.3 Å². The fourth-order valence-corrected chi connectivity index (χ4v) is 2.58. The fourth-order valence-electron chi connectivity index (χ4n) is 2.58. The van der Waals surface area contributed by atoms with Crippen molar-refractivity contribution in [3.05, 3.63) is 35.9 Å². The number of hydrogen-bond donors (Lipinski definition) is 2. The van der Waals surface area contributed by atoms with E-state index >= 15 is 0 Å². The van der Waals surface area contributed by atoms with Gasteiger partial charge < -0.3 is 20.1 Å². The van der Waals surface area contributed by atoms with Gasteiger partial charge in [-0.05, 0) is 39.2 Å². The number of amides is 1. The van der Waals surface area contributed by atoms with E-state index in [0.29, 0.717) is 6.54 Å². The number of alkyl carbamates (subject to hydrolysis) is 1. The normalized spacial score (nSPS) is 19.3. The highest BCUT2D eigenvalue weighted by Crippen LogP contribution is 2.15. The van der Waals surface area contributed by atoms with Gasteiger partial charge in [0.25, 0.3) is 0 Å². The lowest BCUT2D eigenvalue weighted by molar-refractivity contribution is 0.0501. The second kappa shape index (κ2) is 8.31. The summed E-state index contributed by atoms with van der Waals surface area (Å²) in [5.41, 5.74) is 0.550. The zero-order valence-corrected chi connectivity index (χ0v) is 14.3. The fraction of sp³-hybridized carbons (Fsp3) is 0.611. The van der Waals surface area contributed by atoms with Crippen molar-refractivity contribution in [3.8, 4) is 0 Å². The van der Waals surface area contributed by atoms with Gasteiger partial charge in [0.05, 0.1) is 12.1 Å². The molecule has 0 spiro atoms. The van der Waals surface area contributed by atoms with Crippen LogP contribution in [0.15, 0.2) is 30.3 Å². The standard InChI is InChI=1S/C18H28N2O3/c1-18(2,3)23-17(21)20-16(14-8-5-4-6-9-14)13-19-12-15-10-7-11-22-15/h4-6,8-9,15-16,19H,7,10-13H2,1-3H3,(H,20,21). The minimum Gasteiger partial charge on any atom is -0.444 e. The van der Waals surface area contributed by atoms with Crippen molar-refractivity contribution in [3.63, 3.8) is 0 Å². The third-order valence-electron chi connectivity index (χ3n) is 3.64. The lowest BCUT2D eigenvalue weighted by atomic mass is 10.1. The van der Waals surface area contributed by atoms with Crippen molar-refractivity contribution in [1.29, 1.82) is 0 Å². The van der Waals surface area contributed by atoms with Crippen LogP contribution in [0.1, 0.15) is 45.2 Å². The Kier molecular flexibility index (Phi) is 6.42. The zero-order chi connectivity index (χ0) is 16.7. The number of carbonyl (C=O) groups is 1. The molecule has 1 aromatic rings. The lowest BCUT2D eigenvalue weighted by Gasteiger charge is -2.24. The van der Waals surface area contributed by atoms with Gasteiger partial charge in [0.2, 0.25) is 0 Å². The zero-order valence-electron chi connectivity index (χ0n) is 14.3. The Balaban J connectivity index is 1.90. The summed E-state index contributed by atoms with van der Waals surface area (Å²) in [6.45, 7) is 7.88. The van der Waals surface area contributed by atoms with E-state index in [9.17, 15) is 4.79 Å². The molecule has 0 bridgehead atoms. The first kappa shape index (κ1) is 17.8. The van der Waals surface area contributed by atoms with E-state index in [1.165, 1.54) is 0 Å². The first-order valence-electron chi connectivity index (χ1n) is 8.31. The van der Waals surface area contributed by atoms with Crippen LogP contribution in [0.5, 0.6) is 0 Å². The molecule has 1 aliphatic rings. The van der Waals surface area contributed by atoms with E-state index in [2.05, 4.69) is 10.6 Å². The molecule has 2 N–H and O–H groups in total. The van der Waals surface area contributed by atoms with E-state index in [-0.39, 0.29) is 12.1 Å². The van der Waals surface area contributed by atoms with Crippen LogP contribution < -0.4 is 10.6 Å². The van der Waals surface area contributed by atoms with Crippen molar-refractivity contribution < 1.29 is 14.3 Å². The van der Waals surface area contributed by atoms with Gasteiger partial charge >= 0.3 is 6.09 Å². The molecule has 5 heteroatoms. The molecule has 128 valence electrons. The van der Waals surface area contributed by atoms with Gasteiger partial charge in [0.15, 0.2) is 0 Å². The van der Waals surface area contributed by atoms with Gasteiger partial charge in [-0.25, -0.2) is 4.79 Å². The first-order valence-corrected chi connectivity index (χ1v) is 8.31. The lowest BCUT2D eigenvalue weighted by Crippen LogP contribution is -2.40. The van der Waals surface area contributed by atoms with Gasteiger partial charge in [-0.15, -0.1) is 0 Å². The average Bonchev–Trinajstić information content (AvgIpc) is 2.98. The Labute approximate surface area is 138 Å². The van der Waals surface area contributed by atoms with Crippen LogP contribution in [0.2, 0.25) is 0 Å². The number of benzene rings is 1. The topological polar surface area (TPSA) is 59.6 Å². The molecule has 23 heavy (non-hydrogen) atoms. The van der Waals surface area contributed by atoms with Crippen molar-refractivity contribution in [2.24, 2.45) is 0 Å². The summed E-state index contributed by atoms with van der Waals surface area (Å²) in [5, 5.41) is 6.35. The van der Waals surface area contributed by atoms with E-state index in [1.807, 2.05) is 51.1 Å². The van der Waals surface area contributed by atoms with Gasteiger partial charge in [0, 0.05) is 19.7 Å². The molecule has 0 aromatic heterocycles. The maximum atomic E-state index is 12.1. The van der Waals surface area contributed by atoms with Crippen molar-refractivity contribution >= 4 is 6.09 Å². The van der Waals surface area contributed by atoms with Gasteiger partial charge in [-0.2, -0.15) is 0 Å². The Morgan fingerprint density at radius 3 is 2.70 bits per heavy atom. The third-order valence-corrected chi connectivity index (χ3v) is 3.64. The molecule has 0 aliphatic carbocycles. The van der Waals surface area contributed by atoms with Crippen LogP contribution in [0, 0.1) is 0 Å². The number of rotatable bonds is 6. The highest BCUT2D eigenvalue weighted by atomic mass is 16.6. The van der Waals surface area contributed by atoms with Crippen LogP contribution in [-0.2, 0) is 9.47 Å². The van der Waals surface area contributed by atoms with E-state index < -0.39 is 11.7 Å². The minimum atomic E-state index is -0.504. The van der Waals surface area contributed by atoms with Crippen molar-refractivity contribution in [1.82, 2.24) is 10.6 Å². The van der Waals surface area contributed by atoms with Gasteiger partial charge in [-0.3, -0.25) is 0 Å². The highest BCUT2D eigenvalue weighted by molar-refractivity contribution is 5.68. The Morgan fingerprint density at radius 1 is 1.35 bits per heavy atom. The second-order valence-electron chi connectivity index (χ2n) is 6.90. The monoisotopic (exact) mass is 320 g/mol. The summed E-state index contributed by atoms with van der Waals surface area (Å²) in [6, 6.07) is 9.80. The molecule has 2 unspecified atom stereocenters. The summed E-state index contributed by atoms with van der Waals surface area (Å²) < 4.78 is 11.0.